The van der Waals surface area contributed by atoms with Crippen LogP contribution < -0.4 is 5.32 Å². The number of rotatable bonds is 5. The van der Waals surface area contributed by atoms with Gasteiger partial charge in [0.1, 0.15) is 17.0 Å². The van der Waals surface area contributed by atoms with E-state index in [1.807, 2.05) is 22.9 Å². The van der Waals surface area contributed by atoms with Crippen LogP contribution in [-0.4, -0.2) is 43.0 Å². The van der Waals surface area contributed by atoms with Crippen LogP contribution in [0.2, 0.25) is 0 Å². The zero-order valence-electron chi connectivity index (χ0n) is 15.7. The van der Waals surface area contributed by atoms with Crippen LogP contribution in [0.25, 0.3) is 22.5 Å². The fourth-order valence-corrected chi connectivity index (χ4v) is 4.28. The number of aliphatic hydroxyl groups excluding tert-OH is 1. The van der Waals surface area contributed by atoms with Crippen molar-refractivity contribution in [1.29, 1.82) is 0 Å². The molecule has 2 N–H and O–H groups in total. The van der Waals surface area contributed by atoms with Gasteiger partial charge >= 0.3 is 0 Å². The van der Waals surface area contributed by atoms with Gasteiger partial charge in [0.25, 0.3) is 0 Å². The molecule has 4 heterocycles. The summed E-state index contributed by atoms with van der Waals surface area (Å²) in [5, 5.41) is 18.9. The Kier molecular flexibility index (Phi) is 4.99. The number of benzene rings is 1. The van der Waals surface area contributed by atoms with Crippen molar-refractivity contribution in [2.45, 2.75) is 16.3 Å². The molecule has 150 valence electrons. The highest BCUT2D eigenvalue weighted by atomic mass is 32.2. The van der Waals surface area contributed by atoms with Gasteiger partial charge in [-0.3, -0.25) is 10.3 Å². The van der Waals surface area contributed by atoms with Crippen LogP contribution in [0.4, 0.5) is 4.39 Å². The van der Waals surface area contributed by atoms with Gasteiger partial charge in [-0.05, 0) is 47.7 Å². The van der Waals surface area contributed by atoms with Gasteiger partial charge in [0.15, 0.2) is 11.0 Å². The minimum absolute atomic E-state index is 0.00863. The van der Waals surface area contributed by atoms with Crippen molar-refractivity contribution in [3.05, 3.63) is 72.4 Å². The predicted molar refractivity (Wildman–Crippen MR) is 110 cm³/mol. The molecule has 0 aliphatic carbocycles. The highest BCUT2D eigenvalue weighted by Crippen LogP contribution is 2.40. The molecule has 1 atom stereocenters. The van der Waals surface area contributed by atoms with E-state index in [-0.39, 0.29) is 18.6 Å². The van der Waals surface area contributed by atoms with Crippen molar-refractivity contribution in [1.82, 2.24) is 30.0 Å². The van der Waals surface area contributed by atoms with Gasteiger partial charge in [-0.15, -0.1) is 5.10 Å². The number of nitrogens with one attached hydrogen (secondary N) is 1. The lowest BCUT2D eigenvalue weighted by atomic mass is 10.0. The topological polar surface area (TPSA) is 88.8 Å². The number of nitrogens with zero attached hydrogens (tertiary/aromatic N) is 5. The van der Waals surface area contributed by atoms with E-state index in [4.69, 9.17) is 5.10 Å². The van der Waals surface area contributed by atoms with Crippen LogP contribution in [0, 0.1) is 5.82 Å². The minimum atomic E-state index is -0.334. The van der Waals surface area contributed by atoms with Crippen molar-refractivity contribution < 1.29 is 9.50 Å². The molecule has 0 fully saturated rings. The number of aliphatic hydroxyl groups is 1. The Bertz CT molecular complexity index is 1180. The fraction of sp³-hybridized carbons (Fsp3) is 0.143. The molecule has 0 bridgehead atoms. The normalized spacial score (nSPS) is 14.9. The average molecular weight is 420 g/mol. The second-order valence-corrected chi connectivity index (χ2v) is 7.66. The van der Waals surface area contributed by atoms with Crippen molar-refractivity contribution >= 4 is 11.8 Å². The first-order valence-corrected chi connectivity index (χ1v) is 10.2. The summed E-state index contributed by atoms with van der Waals surface area (Å²) in [6.07, 6.45) is 4.85. The average Bonchev–Trinajstić information content (AvgIpc) is 3.21. The molecule has 5 rings (SSSR count). The Labute approximate surface area is 176 Å². The zero-order valence-corrected chi connectivity index (χ0v) is 16.6. The summed E-state index contributed by atoms with van der Waals surface area (Å²) < 4.78 is 15.1. The van der Waals surface area contributed by atoms with Crippen LogP contribution in [0.1, 0.15) is 11.7 Å². The summed E-state index contributed by atoms with van der Waals surface area (Å²) in [5.74, 6) is 0.320. The quantitative estimate of drug-likeness (QED) is 0.513. The Balaban J connectivity index is 1.57. The molecule has 1 unspecified atom stereocenters. The highest BCUT2D eigenvalue weighted by molar-refractivity contribution is 7.99. The molecule has 4 aromatic rings. The first-order valence-electron chi connectivity index (χ1n) is 9.38. The summed E-state index contributed by atoms with van der Waals surface area (Å²) in [6, 6.07) is 12.1. The number of hydrogen-bond donors (Lipinski definition) is 2. The largest absolute Gasteiger partial charge is 0.395 e. The van der Waals surface area contributed by atoms with Crippen molar-refractivity contribution in [2.24, 2.45) is 0 Å². The second kappa shape index (κ2) is 7.94. The molecule has 0 spiro atoms. The molecular weight excluding hydrogens is 403 g/mol. The van der Waals surface area contributed by atoms with E-state index in [2.05, 4.69) is 20.3 Å². The molecule has 30 heavy (non-hydrogen) atoms. The first-order chi connectivity index (χ1) is 14.7. The standard InChI is InChI=1S/C21H17FN6OS/c22-16-3-1-13(2-4-16)15-11-17-19(24-9-10-29)28-21(30-20(17)25-12-15)26-18(27-28)14-5-7-23-8-6-14/h1-8,11-12,19,24,29H,9-10H2. The van der Waals surface area contributed by atoms with Gasteiger partial charge in [-0.25, -0.2) is 19.0 Å². The van der Waals surface area contributed by atoms with E-state index < -0.39 is 0 Å². The molecule has 3 aromatic heterocycles. The molecule has 0 saturated carbocycles. The van der Waals surface area contributed by atoms with Gasteiger partial charge in [0, 0.05) is 41.8 Å². The monoisotopic (exact) mass is 420 g/mol. The van der Waals surface area contributed by atoms with Gasteiger partial charge in [-0.1, -0.05) is 12.1 Å². The lowest BCUT2D eigenvalue weighted by Crippen LogP contribution is -2.33. The number of aromatic nitrogens is 5. The Morgan fingerprint density at radius 3 is 2.63 bits per heavy atom. The molecule has 1 aliphatic rings. The molecule has 7 nitrogen and oxygen atoms in total. The molecule has 1 aromatic carbocycles. The number of fused-ring (bicyclic) bond motifs is 2. The molecule has 9 heteroatoms. The fourth-order valence-electron chi connectivity index (χ4n) is 3.34. The Morgan fingerprint density at radius 1 is 1.07 bits per heavy atom. The van der Waals surface area contributed by atoms with Crippen LogP contribution in [0.5, 0.6) is 0 Å². The smallest absolute Gasteiger partial charge is 0.194 e. The molecule has 0 radical (unpaired) electrons. The lowest BCUT2D eigenvalue weighted by molar-refractivity contribution is 0.271. The summed E-state index contributed by atoms with van der Waals surface area (Å²) in [5.41, 5.74) is 3.55. The van der Waals surface area contributed by atoms with E-state index in [0.717, 1.165) is 27.3 Å². The Morgan fingerprint density at radius 2 is 1.87 bits per heavy atom. The Hall–Kier alpha value is -3.14. The van der Waals surface area contributed by atoms with E-state index >= 15 is 0 Å². The summed E-state index contributed by atoms with van der Waals surface area (Å²) in [6.45, 7) is 0.380. The van der Waals surface area contributed by atoms with Gasteiger partial charge in [-0.2, -0.15) is 0 Å². The summed E-state index contributed by atoms with van der Waals surface area (Å²) >= 11 is 1.44. The maximum Gasteiger partial charge on any atom is 0.194 e. The van der Waals surface area contributed by atoms with E-state index in [9.17, 15) is 9.50 Å². The lowest BCUT2D eigenvalue weighted by Gasteiger charge is -2.26. The third-order valence-corrected chi connectivity index (χ3v) is 5.77. The summed E-state index contributed by atoms with van der Waals surface area (Å²) in [7, 11) is 0. The van der Waals surface area contributed by atoms with Crippen LogP contribution >= 0.6 is 11.8 Å². The molecule has 0 saturated heterocycles. The van der Waals surface area contributed by atoms with E-state index in [1.54, 1.807) is 30.7 Å². The van der Waals surface area contributed by atoms with Gasteiger partial charge in [0.05, 0.1) is 6.61 Å². The SMILES string of the molecule is OCCNC1c2cc(-c3ccc(F)cc3)cnc2Sc2nc(-c3ccncc3)nn21. The number of pyridine rings is 2. The maximum absolute atomic E-state index is 13.3. The van der Waals surface area contributed by atoms with Crippen molar-refractivity contribution in [3.8, 4) is 22.5 Å². The zero-order chi connectivity index (χ0) is 20.5. The van der Waals surface area contributed by atoms with Crippen LogP contribution in [0.3, 0.4) is 0 Å². The van der Waals surface area contributed by atoms with E-state index in [1.165, 1.54) is 23.9 Å². The van der Waals surface area contributed by atoms with Crippen molar-refractivity contribution in [3.63, 3.8) is 0 Å². The minimum Gasteiger partial charge on any atom is -0.395 e. The third-order valence-electron chi connectivity index (χ3n) is 4.77. The van der Waals surface area contributed by atoms with Crippen LogP contribution in [0.15, 0.2) is 71.2 Å². The second-order valence-electron chi connectivity index (χ2n) is 6.71. The van der Waals surface area contributed by atoms with Crippen LogP contribution in [-0.2, 0) is 0 Å². The van der Waals surface area contributed by atoms with E-state index in [0.29, 0.717) is 17.5 Å². The first kappa shape index (κ1) is 18.9. The third kappa shape index (κ3) is 3.47. The van der Waals surface area contributed by atoms with Gasteiger partial charge in [0.2, 0.25) is 0 Å². The molecule has 1 aliphatic heterocycles. The summed E-state index contributed by atoms with van der Waals surface area (Å²) in [4.78, 5) is 13.3. The van der Waals surface area contributed by atoms with Crippen molar-refractivity contribution in [2.75, 3.05) is 13.2 Å². The highest BCUT2D eigenvalue weighted by Gasteiger charge is 2.30. The van der Waals surface area contributed by atoms with Gasteiger partial charge < -0.3 is 5.11 Å². The molecule has 0 amide bonds. The number of hydrogen-bond acceptors (Lipinski definition) is 7. The predicted octanol–water partition coefficient (Wildman–Crippen LogP) is 3.13. The maximum atomic E-state index is 13.3. The number of halogens is 1. The molecular formula is C21H17FN6OS.